The van der Waals surface area contributed by atoms with Crippen LogP contribution in [0.1, 0.15) is 33.3 Å². The molecule has 5 rings (SSSR count). The van der Waals surface area contributed by atoms with Gasteiger partial charge in [-0.15, -0.1) is 0 Å². The predicted molar refractivity (Wildman–Crippen MR) is 129 cm³/mol. The summed E-state index contributed by atoms with van der Waals surface area (Å²) < 4.78 is 0. The third-order valence-electron chi connectivity index (χ3n) is 5.53. The van der Waals surface area contributed by atoms with Gasteiger partial charge in [0.15, 0.2) is 0 Å². The third-order valence-corrected chi connectivity index (χ3v) is 5.53. The van der Waals surface area contributed by atoms with Crippen LogP contribution < -0.4 is 16.0 Å². The number of hydrogen-bond donors (Lipinski definition) is 3. The normalized spacial score (nSPS) is 18.6. The van der Waals surface area contributed by atoms with Gasteiger partial charge in [0.2, 0.25) is 0 Å². The number of dihydropyridines is 1. The van der Waals surface area contributed by atoms with E-state index in [2.05, 4.69) is 30.9 Å². The summed E-state index contributed by atoms with van der Waals surface area (Å²) in [6.07, 6.45) is 6.53. The molecule has 2 aliphatic rings. The summed E-state index contributed by atoms with van der Waals surface area (Å²) in [5.74, 6) is 0.662. The maximum Gasteiger partial charge on any atom is 0.274 e. The number of amides is 2. The fourth-order valence-electron chi connectivity index (χ4n) is 3.64. The van der Waals surface area contributed by atoms with E-state index in [9.17, 15) is 9.59 Å². The number of carbonyl (C=O) groups is 2. The Morgan fingerprint density at radius 1 is 0.941 bits per heavy atom. The molecule has 1 aromatic carbocycles. The summed E-state index contributed by atoms with van der Waals surface area (Å²) in [7, 11) is 0. The Morgan fingerprint density at radius 3 is 2.47 bits per heavy atom. The second-order valence-corrected chi connectivity index (χ2v) is 8.06. The first-order valence-electron chi connectivity index (χ1n) is 10.7. The Hall–Kier alpha value is -4.66. The minimum atomic E-state index is -0.536. The molecule has 9 nitrogen and oxygen atoms in total. The van der Waals surface area contributed by atoms with E-state index in [0.717, 1.165) is 11.3 Å². The summed E-state index contributed by atoms with van der Waals surface area (Å²) in [5, 5.41) is 9.02. The zero-order valence-corrected chi connectivity index (χ0v) is 18.3. The van der Waals surface area contributed by atoms with Crippen molar-refractivity contribution in [3.63, 3.8) is 0 Å². The molecule has 0 saturated heterocycles. The van der Waals surface area contributed by atoms with Crippen LogP contribution in [0.5, 0.6) is 0 Å². The fraction of sp³-hybridized carbons (Fsp3) is 0.120. The van der Waals surface area contributed by atoms with Crippen LogP contribution in [0.25, 0.3) is 0 Å². The van der Waals surface area contributed by atoms with E-state index in [1.54, 1.807) is 55.0 Å². The van der Waals surface area contributed by atoms with Crippen molar-refractivity contribution >= 4 is 29.2 Å². The van der Waals surface area contributed by atoms with Crippen molar-refractivity contribution in [2.45, 2.75) is 12.5 Å². The number of aromatic nitrogens is 2. The van der Waals surface area contributed by atoms with Crippen LogP contribution in [0.4, 0.5) is 5.69 Å². The molecule has 0 aliphatic carbocycles. The molecule has 3 aromatic rings. The molecule has 0 spiro atoms. The van der Waals surface area contributed by atoms with Crippen LogP contribution in [0.15, 0.2) is 94.9 Å². The Morgan fingerprint density at radius 2 is 1.74 bits per heavy atom. The summed E-state index contributed by atoms with van der Waals surface area (Å²) in [6, 6.07) is 15.9. The molecule has 0 bridgehead atoms. The van der Waals surface area contributed by atoms with E-state index >= 15 is 0 Å². The Bertz CT molecular complexity index is 1330. The first-order chi connectivity index (χ1) is 16.5. The van der Waals surface area contributed by atoms with Crippen LogP contribution in [0, 0.1) is 0 Å². The lowest BCUT2D eigenvalue weighted by Crippen LogP contribution is -2.39. The molecule has 9 heteroatoms. The lowest BCUT2D eigenvalue weighted by molar-refractivity contribution is 0.0975. The van der Waals surface area contributed by atoms with Crippen LogP contribution in [0.2, 0.25) is 0 Å². The molecule has 34 heavy (non-hydrogen) atoms. The number of rotatable bonds is 4. The van der Waals surface area contributed by atoms with E-state index in [0.29, 0.717) is 35.2 Å². The molecule has 1 atom stereocenters. The Balaban J connectivity index is 1.26. The maximum absolute atomic E-state index is 12.4. The second kappa shape index (κ2) is 8.70. The SMILES string of the molecule is CC12CN=C(NC(=O)c3ccncc3)C=C1NC(c1ccc(NC(=O)c3ccccn3)cc1)=N2. The molecule has 0 fully saturated rings. The van der Waals surface area contributed by atoms with Crippen LogP contribution in [-0.4, -0.2) is 45.5 Å². The van der Waals surface area contributed by atoms with E-state index in [1.807, 2.05) is 31.2 Å². The smallest absolute Gasteiger partial charge is 0.274 e. The maximum atomic E-state index is 12.4. The highest BCUT2D eigenvalue weighted by Gasteiger charge is 2.38. The van der Waals surface area contributed by atoms with Gasteiger partial charge in [-0.2, -0.15) is 0 Å². The third kappa shape index (κ3) is 4.31. The lowest BCUT2D eigenvalue weighted by atomic mass is 9.97. The van der Waals surface area contributed by atoms with Crippen molar-refractivity contribution in [3.05, 3.63) is 102 Å². The van der Waals surface area contributed by atoms with Crippen LogP contribution >= 0.6 is 0 Å². The molecule has 2 aromatic heterocycles. The zero-order chi connectivity index (χ0) is 23.5. The molecular weight excluding hydrogens is 430 g/mol. The minimum absolute atomic E-state index is 0.246. The summed E-state index contributed by atoms with van der Waals surface area (Å²) in [5.41, 5.74) is 2.71. The van der Waals surface area contributed by atoms with Gasteiger partial charge < -0.3 is 16.0 Å². The summed E-state index contributed by atoms with van der Waals surface area (Å²) >= 11 is 0. The molecule has 4 heterocycles. The summed E-state index contributed by atoms with van der Waals surface area (Å²) in [4.78, 5) is 42.1. The highest BCUT2D eigenvalue weighted by atomic mass is 16.2. The molecule has 0 saturated carbocycles. The number of nitrogens with zero attached hydrogens (tertiary/aromatic N) is 4. The van der Waals surface area contributed by atoms with E-state index in [4.69, 9.17) is 4.99 Å². The molecule has 2 aliphatic heterocycles. The van der Waals surface area contributed by atoms with Gasteiger partial charge in [0.1, 0.15) is 22.9 Å². The molecule has 3 N–H and O–H groups in total. The second-order valence-electron chi connectivity index (χ2n) is 8.06. The number of aliphatic imine (C=N–C) groups is 2. The summed E-state index contributed by atoms with van der Waals surface area (Å²) in [6.45, 7) is 2.39. The van der Waals surface area contributed by atoms with Gasteiger partial charge >= 0.3 is 0 Å². The number of anilines is 1. The first-order valence-corrected chi connectivity index (χ1v) is 10.7. The number of benzene rings is 1. The molecule has 1 unspecified atom stereocenters. The van der Waals surface area contributed by atoms with E-state index in [1.165, 1.54) is 0 Å². The number of nitrogens with one attached hydrogen (secondary N) is 3. The fourth-order valence-corrected chi connectivity index (χ4v) is 3.64. The Labute approximate surface area is 195 Å². The van der Waals surface area contributed by atoms with Gasteiger partial charge in [0.25, 0.3) is 11.8 Å². The van der Waals surface area contributed by atoms with Gasteiger partial charge in [0.05, 0.1) is 6.54 Å². The number of pyridine rings is 2. The number of hydrogen-bond acceptors (Lipinski definition) is 7. The van der Waals surface area contributed by atoms with Crippen molar-refractivity contribution in [1.82, 2.24) is 20.6 Å². The lowest BCUT2D eigenvalue weighted by Gasteiger charge is -2.24. The first kappa shape index (κ1) is 21.2. The van der Waals surface area contributed by atoms with Gasteiger partial charge in [-0.3, -0.25) is 29.5 Å². The van der Waals surface area contributed by atoms with Gasteiger partial charge in [0, 0.05) is 47.2 Å². The van der Waals surface area contributed by atoms with Gasteiger partial charge in [-0.25, -0.2) is 0 Å². The standard InChI is InChI=1S/C25H21N7O2/c1-25-15-28-21(31-23(33)17-9-12-26-13-10-17)14-20(25)30-22(32-25)16-5-7-18(8-6-16)29-24(34)19-4-2-3-11-27-19/h2-14H,15H2,1H3,(H,29,34)(H,30,32)(H,28,31,33). The largest absolute Gasteiger partial charge is 0.341 e. The van der Waals surface area contributed by atoms with Crippen molar-refractivity contribution in [3.8, 4) is 0 Å². The van der Waals surface area contributed by atoms with Crippen LogP contribution in [-0.2, 0) is 0 Å². The van der Waals surface area contributed by atoms with Gasteiger partial charge in [-0.1, -0.05) is 6.07 Å². The van der Waals surface area contributed by atoms with E-state index < -0.39 is 5.54 Å². The van der Waals surface area contributed by atoms with Crippen molar-refractivity contribution in [2.75, 3.05) is 11.9 Å². The zero-order valence-electron chi connectivity index (χ0n) is 18.3. The number of fused-ring (bicyclic) bond motifs is 1. The van der Waals surface area contributed by atoms with Crippen molar-refractivity contribution < 1.29 is 9.59 Å². The van der Waals surface area contributed by atoms with Crippen molar-refractivity contribution in [1.29, 1.82) is 0 Å². The van der Waals surface area contributed by atoms with Crippen LogP contribution in [0.3, 0.4) is 0 Å². The van der Waals surface area contributed by atoms with Crippen molar-refractivity contribution in [2.24, 2.45) is 9.98 Å². The van der Waals surface area contributed by atoms with E-state index in [-0.39, 0.29) is 11.8 Å². The highest BCUT2D eigenvalue weighted by Crippen LogP contribution is 2.29. The monoisotopic (exact) mass is 451 g/mol. The minimum Gasteiger partial charge on any atom is -0.341 e. The molecular formula is C25H21N7O2. The quantitative estimate of drug-likeness (QED) is 0.563. The van der Waals surface area contributed by atoms with Gasteiger partial charge in [-0.05, 0) is 55.5 Å². The average molecular weight is 451 g/mol. The highest BCUT2D eigenvalue weighted by molar-refractivity contribution is 6.12. The average Bonchev–Trinajstić information content (AvgIpc) is 3.22. The molecule has 168 valence electrons. The Kier molecular flexibility index (Phi) is 5.43. The molecule has 0 radical (unpaired) electrons. The topological polar surface area (TPSA) is 121 Å². The number of carbonyl (C=O) groups excluding carboxylic acids is 2. The molecule has 2 amide bonds. The predicted octanol–water partition coefficient (Wildman–Crippen LogP) is 2.56. The number of amidine groups is 2.